The molecule has 2 aromatic heterocycles. The van der Waals surface area contributed by atoms with Crippen LogP contribution in [0.25, 0.3) is 22.6 Å². The van der Waals surface area contributed by atoms with Crippen molar-refractivity contribution in [2.24, 2.45) is 0 Å². The molecule has 0 bridgehead atoms. The maximum atomic E-state index is 6.09. The van der Waals surface area contributed by atoms with Crippen molar-refractivity contribution in [3.05, 3.63) is 77.2 Å². The van der Waals surface area contributed by atoms with Crippen LogP contribution in [0.1, 0.15) is 11.4 Å². The summed E-state index contributed by atoms with van der Waals surface area (Å²) in [4.78, 5) is 4.59. The summed E-state index contributed by atoms with van der Waals surface area (Å²) in [6.45, 7) is 0. The molecule has 5 nitrogen and oxygen atoms in total. The van der Waals surface area contributed by atoms with Crippen molar-refractivity contribution >= 4 is 11.6 Å². The average Bonchev–Trinajstić information content (AvgIpc) is 3.24. The Morgan fingerprint density at radius 1 is 0.958 bits per heavy atom. The Kier molecular flexibility index (Phi) is 3.84. The normalized spacial score (nSPS) is 10.9. The van der Waals surface area contributed by atoms with Crippen molar-refractivity contribution in [3.63, 3.8) is 0 Å². The molecule has 0 unspecified atom stereocenters. The first-order chi connectivity index (χ1) is 11.8. The van der Waals surface area contributed by atoms with Gasteiger partial charge in [-0.3, -0.25) is 10.2 Å². The summed E-state index contributed by atoms with van der Waals surface area (Å²) in [5.41, 5.74) is 3.84. The zero-order valence-corrected chi connectivity index (χ0v) is 13.5. The SMILES string of the molecule is Clc1cccc(-c2cn[nH]c2-c2n[nH]c(Cc3ccccc3)n2)c1. The van der Waals surface area contributed by atoms with Gasteiger partial charge in [0.05, 0.1) is 6.20 Å². The third-order valence-electron chi connectivity index (χ3n) is 3.74. The molecule has 2 aromatic carbocycles. The van der Waals surface area contributed by atoms with Crippen LogP contribution in [0, 0.1) is 0 Å². The highest BCUT2D eigenvalue weighted by molar-refractivity contribution is 6.30. The minimum absolute atomic E-state index is 0.591. The molecule has 2 heterocycles. The summed E-state index contributed by atoms with van der Waals surface area (Å²) < 4.78 is 0. The zero-order valence-electron chi connectivity index (χ0n) is 12.7. The Morgan fingerprint density at radius 3 is 2.67 bits per heavy atom. The first-order valence-electron chi connectivity index (χ1n) is 7.54. The topological polar surface area (TPSA) is 70.2 Å². The molecule has 0 aliphatic rings. The molecule has 0 radical (unpaired) electrons. The number of nitrogens with one attached hydrogen (secondary N) is 2. The first kappa shape index (κ1) is 14.7. The molecule has 0 aliphatic heterocycles. The van der Waals surface area contributed by atoms with Gasteiger partial charge in [-0.1, -0.05) is 54.1 Å². The summed E-state index contributed by atoms with van der Waals surface area (Å²) >= 11 is 6.09. The number of benzene rings is 2. The highest BCUT2D eigenvalue weighted by Gasteiger charge is 2.15. The Morgan fingerprint density at radius 2 is 1.83 bits per heavy atom. The van der Waals surface area contributed by atoms with Gasteiger partial charge in [0.2, 0.25) is 0 Å². The van der Waals surface area contributed by atoms with Gasteiger partial charge in [0.25, 0.3) is 0 Å². The van der Waals surface area contributed by atoms with Crippen molar-refractivity contribution in [1.82, 2.24) is 25.4 Å². The van der Waals surface area contributed by atoms with Gasteiger partial charge in [-0.15, -0.1) is 0 Å². The number of aromatic nitrogens is 5. The number of hydrogen-bond donors (Lipinski definition) is 2. The van der Waals surface area contributed by atoms with E-state index in [2.05, 4.69) is 37.5 Å². The van der Waals surface area contributed by atoms with E-state index >= 15 is 0 Å². The fourth-order valence-electron chi connectivity index (χ4n) is 2.61. The molecule has 0 saturated carbocycles. The molecule has 4 aromatic rings. The summed E-state index contributed by atoms with van der Waals surface area (Å²) in [6, 6.07) is 17.8. The Labute approximate surface area is 143 Å². The molecule has 0 atom stereocenters. The van der Waals surface area contributed by atoms with E-state index in [1.54, 1.807) is 6.20 Å². The number of nitrogens with zero attached hydrogens (tertiary/aromatic N) is 3. The van der Waals surface area contributed by atoms with Crippen LogP contribution in [0.2, 0.25) is 5.02 Å². The minimum atomic E-state index is 0.591. The maximum Gasteiger partial charge on any atom is 0.199 e. The van der Waals surface area contributed by atoms with Gasteiger partial charge in [-0.25, -0.2) is 4.98 Å². The van der Waals surface area contributed by atoms with Crippen molar-refractivity contribution in [2.75, 3.05) is 0 Å². The molecule has 118 valence electrons. The number of hydrogen-bond acceptors (Lipinski definition) is 3. The second kappa shape index (κ2) is 6.29. The van der Waals surface area contributed by atoms with E-state index in [1.807, 2.05) is 42.5 Å². The van der Waals surface area contributed by atoms with E-state index in [4.69, 9.17) is 11.6 Å². The Bertz CT molecular complexity index is 958. The van der Waals surface area contributed by atoms with Gasteiger partial charge >= 0.3 is 0 Å². The second-order valence-corrected chi connectivity index (χ2v) is 5.87. The average molecular weight is 336 g/mol. The van der Waals surface area contributed by atoms with Crippen LogP contribution in [0.3, 0.4) is 0 Å². The van der Waals surface area contributed by atoms with Crippen LogP contribution >= 0.6 is 11.6 Å². The maximum absolute atomic E-state index is 6.09. The van der Waals surface area contributed by atoms with Gasteiger partial charge in [-0.05, 0) is 23.3 Å². The number of halogens is 1. The largest absolute Gasteiger partial charge is 0.274 e. The van der Waals surface area contributed by atoms with Gasteiger partial charge in [0, 0.05) is 17.0 Å². The van der Waals surface area contributed by atoms with Gasteiger partial charge in [0.1, 0.15) is 11.5 Å². The highest BCUT2D eigenvalue weighted by atomic mass is 35.5. The van der Waals surface area contributed by atoms with Gasteiger partial charge in [-0.2, -0.15) is 10.2 Å². The van der Waals surface area contributed by atoms with E-state index in [-0.39, 0.29) is 0 Å². The monoisotopic (exact) mass is 335 g/mol. The lowest BCUT2D eigenvalue weighted by Gasteiger charge is -2.00. The first-order valence-corrected chi connectivity index (χ1v) is 7.92. The Balaban J connectivity index is 1.65. The van der Waals surface area contributed by atoms with Gasteiger partial charge < -0.3 is 0 Å². The van der Waals surface area contributed by atoms with Crippen molar-refractivity contribution in [3.8, 4) is 22.6 Å². The van der Waals surface area contributed by atoms with E-state index < -0.39 is 0 Å². The fraction of sp³-hybridized carbons (Fsp3) is 0.0556. The van der Waals surface area contributed by atoms with Crippen molar-refractivity contribution in [1.29, 1.82) is 0 Å². The zero-order chi connectivity index (χ0) is 16.4. The number of H-pyrrole nitrogens is 2. The lowest BCUT2D eigenvalue weighted by molar-refractivity contribution is 0.972. The van der Waals surface area contributed by atoms with Crippen LogP contribution in [0.4, 0.5) is 0 Å². The van der Waals surface area contributed by atoms with E-state index in [9.17, 15) is 0 Å². The standard InChI is InChI=1S/C18H14ClN5/c19-14-8-4-7-13(10-14)15-11-20-23-17(15)18-21-16(22-24-18)9-12-5-2-1-3-6-12/h1-8,10-11H,9H2,(H,20,23)(H,21,22,24). The van der Waals surface area contributed by atoms with E-state index in [0.29, 0.717) is 17.3 Å². The van der Waals surface area contributed by atoms with Crippen LogP contribution in [-0.2, 0) is 6.42 Å². The molecule has 0 spiro atoms. The van der Waals surface area contributed by atoms with Crippen LogP contribution in [-0.4, -0.2) is 25.4 Å². The fourth-order valence-corrected chi connectivity index (χ4v) is 2.80. The second-order valence-electron chi connectivity index (χ2n) is 5.44. The van der Waals surface area contributed by atoms with Crippen LogP contribution in [0.5, 0.6) is 0 Å². The summed E-state index contributed by atoms with van der Waals surface area (Å²) in [5, 5.41) is 15.1. The lowest BCUT2D eigenvalue weighted by Crippen LogP contribution is -1.90. The van der Waals surface area contributed by atoms with Gasteiger partial charge in [0.15, 0.2) is 5.82 Å². The minimum Gasteiger partial charge on any atom is -0.274 e. The van der Waals surface area contributed by atoms with Crippen LogP contribution < -0.4 is 0 Å². The van der Waals surface area contributed by atoms with E-state index in [1.165, 1.54) is 5.56 Å². The van der Waals surface area contributed by atoms with Crippen LogP contribution in [0.15, 0.2) is 60.8 Å². The predicted molar refractivity (Wildman–Crippen MR) is 93.7 cm³/mol. The summed E-state index contributed by atoms with van der Waals surface area (Å²) in [5.74, 6) is 1.40. The predicted octanol–water partition coefficient (Wildman–Crippen LogP) is 4.11. The molecular weight excluding hydrogens is 322 g/mol. The molecule has 0 aliphatic carbocycles. The summed E-state index contributed by atoms with van der Waals surface area (Å²) in [7, 11) is 0. The molecular formula is C18H14ClN5. The quantitative estimate of drug-likeness (QED) is 0.589. The Hall–Kier alpha value is -2.92. The molecule has 2 N–H and O–H groups in total. The molecule has 6 heteroatoms. The number of rotatable bonds is 4. The third kappa shape index (κ3) is 2.94. The summed E-state index contributed by atoms with van der Waals surface area (Å²) in [6.07, 6.45) is 2.46. The highest BCUT2D eigenvalue weighted by Crippen LogP contribution is 2.29. The smallest absolute Gasteiger partial charge is 0.199 e. The lowest BCUT2D eigenvalue weighted by atomic mass is 10.1. The van der Waals surface area contributed by atoms with E-state index in [0.717, 1.165) is 22.6 Å². The molecule has 24 heavy (non-hydrogen) atoms. The number of aromatic amines is 2. The van der Waals surface area contributed by atoms with Crippen molar-refractivity contribution in [2.45, 2.75) is 6.42 Å². The molecule has 0 fully saturated rings. The molecule has 0 saturated heterocycles. The third-order valence-corrected chi connectivity index (χ3v) is 3.98. The van der Waals surface area contributed by atoms with Crippen molar-refractivity contribution < 1.29 is 0 Å². The molecule has 0 amide bonds. The molecule has 4 rings (SSSR count).